The maximum absolute atomic E-state index is 11.8. The molecule has 0 aliphatic rings. The molecule has 15 heavy (non-hydrogen) atoms. The lowest BCUT2D eigenvalue weighted by atomic mass is 9.95. The molecule has 0 spiro atoms. The van der Waals surface area contributed by atoms with Gasteiger partial charge in [-0.3, -0.25) is 9.48 Å². The highest BCUT2D eigenvalue weighted by molar-refractivity contribution is 5.95. The van der Waals surface area contributed by atoms with E-state index in [0.29, 0.717) is 0 Å². The van der Waals surface area contributed by atoms with Crippen LogP contribution in [0.15, 0.2) is 0 Å². The molecule has 0 bridgehead atoms. The van der Waals surface area contributed by atoms with E-state index in [0.717, 1.165) is 17.1 Å². The Labute approximate surface area is 90.7 Å². The van der Waals surface area contributed by atoms with Crippen LogP contribution in [0.3, 0.4) is 0 Å². The van der Waals surface area contributed by atoms with Crippen molar-refractivity contribution < 1.29 is 4.79 Å². The Hall–Kier alpha value is -1.32. The number of hydrogen-bond acceptors (Lipinski definition) is 2. The number of carbonyl (C=O) groups excluding carboxylic acids is 1. The van der Waals surface area contributed by atoms with Crippen LogP contribution in [0.2, 0.25) is 0 Å². The average Bonchev–Trinajstić information content (AvgIpc) is 2.30. The van der Waals surface area contributed by atoms with Crippen LogP contribution >= 0.6 is 0 Å². The van der Waals surface area contributed by atoms with Crippen molar-refractivity contribution in [2.75, 3.05) is 5.32 Å². The molecule has 0 saturated carbocycles. The van der Waals surface area contributed by atoms with Gasteiger partial charge in [-0.1, -0.05) is 20.8 Å². The van der Waals surface area contributed by atoms with E-state index in [4.69, 9.17) is 0 Å². The first-order valence-corrected chi connectivity index (χ1v) is 5.05. The molecule has 0 radical (unpaired) electrons. The molecule has 84 valence electrons. The highest BCUT2D eigenvalue weighted by Gasteiger charge is 2.23. The summed E-state index contributed by atoms with van der Waals surface area (Å²) >= 11 is 0. The van der Waals surface area contributed by atoms with E-state index in [1.807, 2.05) is 41.7 Å². The maximum atomic E-state index is 11.8. The molecule has 0 aliphatic heterocycles. The summed E-state index contributed by atoms with van der Waals surface area (Å²) in [7, 11) is 1.87. The third kappa shape index (κ3) is 2.37. The molecule has 1 amide bonds. The van der Waals surface area contributed by atoms with Crippen molar-refractivity contribution in [3.8, 4) is 0 Å². The Bertz CT molecular complexity index is 385. The SMILES string of the molecule is Cc1nn(C)c(C)c1NC(=O)C(C)(C)C. The molecule has 0 aliphatic carbocycles. The number of amides is 1. The predicted octanol–water partition coefficient (Wildman–Crippen LogP) is 2.02. The monoisotopic (exact) mass is 209 g/mol. The Morgan fingerprint density at radius 2 is 1.87 bits per heavy atom. The minimum absolute atomic E-state index is 0.0155. The van der Waals surface area contributed by atoms with Gasteiger partial charge in [-0.15, -0.1) is 0 Å². The number of aryl methyl sites for hydroxylation is 2. The summed E-state index contributed by atoms with van der Waals surface area (Å²) in [4.78, 5) is 11.8. The van der Waals surface area contributed by atoms with Crippen molar-refractivity contribution in [1.29, 1.82) is 0 Å². The largest absolute Gasteiger partial charge is 0.323 e. The van der Waals surface area contributed by atoms with Crippen LogP contribution in [0, 0.1) is 19.3 Å². The van der Waals surface area contributed by atoms with Gasteiger partial charge in [-0.2, -0.15) is 5.10 Å². The third-order valence-corrected chi connectivity index (χ3v) is 2.43. The molecule has 0 saturated heterocycles. The standard InChI is InChI=1S/C11H19N3O/c1-7-9(8(2)14(6)13-7)12-10(15)11(3,4)5/h1-6H3,(H,12,15). The first-order chi connectivity index (χ1) is 6.73. The maximum Gasteiger partial charge on any atom is 0.229 e. The van der Waals surface area contributed by atoms with Crippen molar-refractivity contribution >= 4 is 11.6 Å². The van der Waals surface area contributed by atoms with Gasteiger partial charge in [-0.25, -0.2) is 0 Å². The van der Waals surface area contributed by atoms with Gasteiger partial charge in [-0.05, 0) is 13.8 Å². The minimum atomic E-state index is -0.380. The second-order valence-electron chi connectivity index (χ2n) is 4.87. The summed E-state index contributed by atoms with van der Waals surface area (Å²) in [5.41, 5.74) is 2.28. The first-order valence-electron chi connectivity index (χ1n) is 5.05. The molecule has 0 fully saturated rings. The molecule has 1 aromatic rings. The third-order valence-electron chi connectivity index (χ3n) is 2.43. The molecule has 1 heterocycles. The summed E-state index contributed by atoms with van der Waals surface area (Å²) in [6, 6.07) is 0. The van der Waals surface area contributed by atoms with Crippen molar-refractivity contribution in [2.45, 2.75) is 34.6 Å². The van der Waals surface area contributed by atoms with Gasteiger partial charge >= 0.3 is 0 Å². The van der Waals surface area contributed by atoms with Crippen molar-refractivity contribution in [1.82, 2.24) is 9.78 Å². The molecule has 4 heteroatoms. The molecule has 0 aromatic carbocycles. The quantitative estimate of drug-likeness (QED) is 0.769. The van der Waals surface area contributed by atoms with Gasteiger partial charge in [0.2, 0.25) is 5.91 Å². The lowest BCUT2D eigenvalue weighted by Crippen LogP contribution is -2.28. The van der Waals surface area contributed by atoms with Crippen LogP contribution in [0.4, 0.5) is 5.69 Å². The van der Waals surface area contributed by atoms with Crippen LogP contribution in [-0.2, 0) is 11.8 Å². The molecule has 1 rings (SSSR count). The van der Waals surface area contributed by atoms with E-state index in [-0.39, 0.29) is 11.3 Å². The second kappa shape index (κ2) is 3.68. The topological polar surface area (TPSA) is 46.9 Å². The average molecular weight is 209 g/mol. The van der Waals surface area contributed by atoms with Crippen LogP contribution in [0.5, 0.6) is 0 Å². The van der Waals surface area contributed by atoms with Crippen molar-refractivity contribution in [2.24, 2.45) is 12.5 Å². The van der Waals surface area contributed by atoms with E-state index in [2.05, 4.69) is 10.4 Å². The van der Waals surface area contributed by atoms with Gasteiger partial charge in [0.15, 0.2) is 0 Å². The number of nitrogens with zero attached hydrogens (tertiary/aromatic N) is 2. The van der Waals surface area contributed by atoms with E-state index in [1.54, 1.807) is 4.68 Å². The highest BCUT2D eigenvalue weighted by Crippen LogP contribution is 2.22. The Balaban J connectivity index is 2.95. The first kappa shape index (κ1) is 11.8. The number of hydrogen-bond donors (Lipinski definition) is 1. The minimum Gasteiger partial charge on any atom is -0.323 e. The van der Waals surface area contributed by atoms with Gasteiger partial charge in [0.1, 0.15) is 0 Å². The van der Waals surface area contributed by atoms with Crippen LogP contribution in [0.1, 0.15) is 32.2 Å². The summed E-state index contributed by atoms with van der Waals surface area (Å²) in [6.45, 7) is 9.51. The highest BCUT2D eigenvalue weighted by atomic mass is 16.2. The summed E-state index contributed by atoms with van der Waals surface area (Å²) < 4.78 is 1.77. The van der Waals surface area contributed by atoms with E-state index < -0.39 is 0 Å². The zero-order valence-electron chi connectivity index (χ0n) is 10.3. The number of nitrogens with one attached hydrogen (secondary N) is 1. The molecule has 0 unspecified atom stereocenters. The van der Waals surface area contributed by atoms with E-state index in [9.17, 15) is 4.79 Å². The van der Waals surface area contributed by atoms with Crippen LogP contribution in [0.25, 0.3) is 0 Å². The van der Waals surface area contributed by atoms with Crippen molar-refractivity contribution in [3.63, 3.8) is 0 Å². The summed E-state index contributed by atoms with van der Waals surface area (Å²) in [5, 5.41) is 7.16. The lowest BCUT2D eigenvalue weighted by Gasteiger charge is -2.17. The Morgan fingerprint density at radius 3 is 2.20 bits per heavy atom. The zero-order chi connectivity index (χ0) is 11.8. The predicted molar refractivity (Wildman–Crippen MR) is 60.8 cm³/mol. The Kier molecular flexibility index (Phi) is 2.88. The Morgan fingerprint density at radius 1 is 1.33 bits per heavy atom. The smallest absolute Gasteiger partial charge is 0.229 e. The van der Waals surface area contributed by atoms with Crippen molar-refractivity contribution in [3.05, 3.63) is 11.4 Å². The zero-order valence-corrected chi connectivity index (χ0v) is 10.3. The van der Waals surface area contributed by atoms with Gasteiger partial charge < -0.3 is 5.32 Å². The molecule has 0 atom stereocenters. The van der Waals surface area contributed by atoms with Crippen LogP contribution in [-0.4, -0.2) is 15.7 Å². The number of carbonyl (C=O) groups is 1. The number of rotatable bonds is 1. The van der Waals surface area contributed by atoms with E-state index >= 15 is 0 Å². The molecular formula is C11H19N3O. The summed E-state index contributed by atoms with van der Waals surface area (Å²) in [6.07, 6.45) is 0. The lowest BCUT2D eigenvalue weighted by molar-refractivity contribution is -0.123. The fourth-order valence-electron chi connectivity index (χ4n) is 1.26. The molecular weight excluding hydrogens is 190 g/mol. The van der Waals surface area contributed by atoms with Gasteiger partial charge in [0.05, 0.1) is 17.1 Å². The summed E-state index contributed by atoms with van der Waals surface area (Å²) in [5.74, 6) is 0.0155. The van der Waals surface area contributed by atoms with Crippen LogP contribution < -0.4 is 5.32 Å². The number of anilines is 1. The second-order valence-corrected chi connectivity index (χ2v) is 4.87. The fourth-order valence-corrected chi connectivity index (χ4v) is 1.26. The molecule has 4 nitrogen and oxygen atoms in total. The number of aromatic nitrogens is 2. The fraction of sp³-hybridized carbons (Fsp3) is 0.636. The normalized spacial score (nSPS) is 11.6. The van der Waals surface area contributed by atoms with Gasteiger partial charge in [0, 0.05) is 12.5 Å². The molecule has 1 aromatic heterocycles. The molecule has 1 N–H and O–H groups in total. The van der Waals surface area contributed by atoms with E-state index in [1.165, 1.54) is 0 Å². The van der Waals surface area contributed by atoms with Gasteiger partial charge in [0.25, 0.3) is 0 Å².